The van der Waals surface area contributed by atoms with Gasteiger partial charge >= 0.3 is 5.97 Å². The molecule has 0 aromatic carbocycles. The Morgan fingerprint density at radius 3 is 2.93 bits per heavy atom. The van der Waals surface area contributed by atoms with Crippen molar-refractivity contribution in [3.63, 3.8) is 0 Å². The monoisotopic (exact) mass is 194 g/mol. The fourth-order valence-electron chi connectivity index (χ4n) is 2.06. The number of hydrogen-bond donors (Lipinski definition) is 2. The Morgan fingerprint density at radius 1 is 1.57 bits per heavy atom. The zero-order chi connectivity index (χ0) is 9.97. The van der Waals surface area contributed by atoms with Crippen LogP contribution < -0.4 is 0 Å². The molecule has 2 N–H and O–H groups in total. The molecule has 1 aliphatic rings. The van der Waals surface area contributed by atoms with Crippen LogP contribution in [0.2, 0.25) is 0 Å². The van der Waals surface area contributed by atoms with Crippen LogP contribution in [0.25, 0.3) is 0 Å². The fourth-order valence-corrected chi connectivity index (χ4v) is 2.06. The van der Waals surface area contributed by atoms with Crippen molar-refractivity contribution >= 4 is 5.97 Å². The van der Waals surface area contributed by atoms with Gasteiger partial charge in [0, 0.05) is 17.8 Å². The summed E-state index contributed by atoms with van der Waals surface area (Å²) in [6, 6.07) is 0. The first-order valence-corrected chi connectivity index (χ1v) is 5.01. The summed E-state index contributed by atoms with van der Waals surface area (Å²) in [5.74, 6) is 0.307. The first-order chi connectivity index (χ1) is 6.75. The topological polar surface area (TPSA) is 66.0 Å². The molecule has 0 saturated heterocycles. The van der Waals surface area contributed by atoms with E-state index in [-0.39, 0.29) is 6.42 Å². The van der Waals surface area contributed by atoms with Gasteiger partial charge in [-0.3, -0.25) is 4.79 Å². The standard InChI is InChI=1S/C10H14N2O2/c13-10(14)5-9-11-6-8(12-9)7-3-1-2-4-7/h6-7H,1-5H2,(H,11,12)(H,13,14). The van der Waals surface area contributed by atoms with Gasteiger partial charge in [-0.05, 0) is 12.8 Å². The third-order valence-electron chi connectivity index (χ3n) is 2.76. The van der Waals surface area contributed by atoms with Crippen molar-refractivity contribution in [1.82, 2.24) is 9.97 Å². The Balaban J connectivity index is 2.05. The van der Waals surface area contributed by atoms with Crippen LogP contribution in [0.15, 0.2) is 6.20 Å². The number of rotatable bonds is 3. The highest BCUT2D eigenvalue weighted by Gasteiger charge is 2.19. The number of carboxylic acid groups (broad SMARTS) is 1. The first kappa shape index (κ1) is 9.24. The van der Waals surface area contributed by atoms with Gasteiger partial charge in [-0.2, -0.15) is 0 Å². The van der Waals surface area contributed by atoms with E-state index in [4.69, 9.17) is 5.11 Å². The van der Waals surface area contributed by atoms with Crippen molar-refractivity contribution in [3.05, 3.63) is 17.7 Å². The fraction of sp³-hybridized carbons (Fsp3) is 0.600. The molecule has 0 radical (unpaired) electrons. The van der Waals surface area contributed by atoms with Crippen molar-refractivity contribution in [3.8, 4) is 0 Å². The highest BCUT2D eigenvalue weighted by Crippen LogP contribution is 2.32. The summed E-state index contributed by atoms with van der Waals surface area (Å²) < 4.78 is 0. The van der Waals surface area contributed by atoms with Gasteiger partial charge in [0.2, 0.25) is 0 Å². The molecule has 0 aliphatic heterocycles. The average molecular weight is 194 g/mol. The predicted octanol–water partition coefficient (Wildman–Crippen LogP) is 1.69. The van der Waals surface area contributed by atoms with Gasteiger partial charge in [0.05, 0.1) is 0 Å². The van der Waals surface area contributed by atoms with Crippen molar-refractivity contribution in [1.29, 1.82) is 0 Å². The van der Waals surface area contributed by atoms with Crippen LogP contribution in [0.5, 0.6) is 0 Å². The Hall–Kier alpha value is -1.32. The van der Waals surface area contributed by atoms with Crippen molar-refractivity contribution < 1.29 is 9.90 Å². The summed E-state index contributed by atoms with van der Waals surface area (Å²) in [5.41, 5.74) is 1.11. The van der Waals surface area contributed by atoms with E-state index in [0.717, 1.165) is 5.69 Å². The molecule has 14 heavy (non-hydrogen) atoms. The third kappa shape index (κ3) is 1.95. The second kappa shape index (κ2) is 3.82. The van der Waals surface area contributed by atoms with E-state index in [0.29, 0.717) is 11.7 Å². The molecule has 0 atom stereocenters. The minimum Gasteiger partial charge on any atom is -0.481 e. The Morgan fingerprint density at radius 2 is 2.29 bits per heavy atom. The second-order valence-corrected chi connectivity index (χ2v) is 3.84. The van der Waals surface area contributed by atoms with Gasteiger partial charge in [0.1, 0.15) is 12.2 Å². The lowest BCUT2D eigenvalue weighted by atomic mass is 10.1. The molecular formula is C10H14N2O2. The normalized spacial score (nSPS) is 17.4. The maximum absolute atomic E-state index is 10.4. The minimum atomic E-state index is -0.836. The highest BCUT2D eigenvalue weighted by atomic mass is 16.4. The molecule has 1 heterocycles. The molecule has 0 spiro atoms. The Bertz CT molecular complexity index is 327. The van der Waals surface area contributed by atoms with Gasteiger partial charge in [-0.15, -0.1) is 0 Å². The first-order valence-electron chi connectivity index (χ1n) is 5.01. The molecule has 4 heteroatoms. The van der Waals surface area contributed by atoms with Gasteiger partial charge in [-0.1, -0.05) is 12.8 Å². The number of imidazole rings is 1. The second-order valence-electron chi connectivity index (χ2n) is 3.84. The lowest BCUT2D eigenvalue weighted by molar-refractivity contribution is -0.136. The summed E-state index contributed by atoms with van der Waals surface area (Å²) in [7, 11) is 0. The van der Waals surface area contributed by atoms with E-state index in [1.54, 1.807) is 6.20 Å². The van der Waals surface area contributed by atoms with Crippen molar-refractivity contribution in [2.75, 3.05) is 0 Å². The number of hydrogen-bond acceptors (Lipinski definition) is 2. The number of aromatic amines is 1. The van der Waals surface area contributed by atoms with Gasteiger partial charge in [-0.25, -0.2) is 4.98 Å². The Labute approximate surface area is 82.4 Å². The molecule has 0 bridgehead atoms. The van der Waals surface area contributed by atoms with Crippen LogP contribution in [0, 0.1) is 0 Å². The van der Waals surface area contributed by atoms with Crippen LogP contribution >= 0.6 is 0 Å². The van der Waals surface area contributed by atoms with E-state index in [1.165, 1.54) is 25.7 Å². The molecule has 0 unspecified atom stereocenters. The molecular weight excluding hydrogens is 180 g/mol. The number of nitrogens with one attached hydrogen (secondary N) is 1. The van der Waals surface area contributed by atoms with Crippen molar-refractivity contribution in [2.24, 2.45) is 0 Å². The summed E-state index contributed by atoms with van der Waals surface area (Å²) in [6.07, 6.45) is 6.74. The molecule has 2 rings (SSSR count). The molecule has 76 valence electrons. The van der Waals surface area contributed by atoms with Crippen LogP contribution in [0.3, 0.4) is 0 Å². The number of aliphatic carboxylic acids is 1. The summed E-state index contributed by atoms with van der Waals surface area (Å²) >= 11 is 0. The van der Waals surface area contributed by atoms with Crippen LogP contribution in [-0.2, 0) is 11.2 Å². The SMILES string of the molecule is O=C(O)Cc1ncc(C2CCCC2)[nH]1. The zero-order valence-electron chi connectivity index (χ0n) is 7.99. The van der Waals surface area contributed by atoms with Crippen LogP contribution in [-0.4, -0.2) is 21.0 Å². The van der Waals surface area contributed by atoms with Crippen LogP contribution in [0.4, 0.5) is 0 Å². The highest BCUT2D eigenvalue weighted by molar-refractivity contribution is 5.68. The maximum Gasteiger partial charge on any atom is 0.311 e. The van der Waals surface area contributed by atoms with Crippen molar-refractivity contribution in [2.45, 2.75) is 38.0 Å². The lowest BCUT2D eigenvalue weighted by Crippen LogP contribution is -2.02. The van der Waals surface area contributed by atoms with E-state index < -0.39 is 5.97 Å². The van der Waals surface area contributed by atoms with E-state index in [2.05, 4.69) is 9.97 Å². The lowest BCUT2D eigenvalue weighted by Gasteiger charge is -2.03. The summed E-state index contributed by atoms with van der Waals surface area (Å²) in [4.78, 5) is 17.6. The maximum atomic E-state index is 10.4. The zero-order valence-corrected chi connectivity index (χ0v) is 7.99. The number of aromatic nitrogens is 2. The number of carboxylic acids is 1. The summed E-state index contributed by atoms with van der Waals surface area (Å²) in [5, 5.41) is 8.58. The molecule has 1 aliphatic carbocycles. The number of nitrogens with zero attached hydrogens (tertiary/aromatic N) is 1. The van der Waals surface area contributed by atoms with E-state index in [9.17, 15) is 4.79 Å². The molecule has 1 fully saturated rings. The largest absolute Gasteiger partial charge is 0.481 e. The van der Waals surface area contributed by atoms with Gasteiger partial charge < -0.3 is 10.1 Å². The minimum absolute atomic E-state index is 0.00722. The predicted molar refractivity (Wildman–Crippen MR) is 51.1 cm³/mol. The molecule has 1 saturated carbocycles. The van der Waals surface area contributed by atoms with E-state index in [1.807, 2.05) is 0 Å². The quantitative estimate of drug-likeness (QED) is 0.769. The average Bonchev–Trinajstić information content (AvgIpc) is 2.69. The Kier molecular flexibility index (Phi) is 2.52. The van der Waals surface area contributed by atoms with E-state index >= 15 is 0 Å². The summed E-state index contributed by atoms with van der Waals surface area (Å²) in [6.45, 7) is 0. The van der Waals surface area contributed by atoms with Gasteiger partial charge in [0.25, 0.3) is 0 Å². The molecule has 1 aromatic heterocycles. The third-order valence-corrected chi connectivity index (χ3v) is 2.76. The number of H-pyrrole nitrogens is 1. The molecule has 1 aromatic rings. The smallest absolute Gasteiger partial charge is 0.311 e. The van der Waals surface area contributed by atoms with Crippen LogP contribution in [0.1, 0.15) is 43.1 Å². The van der Waals surface area contributed by atoms with Gasteiger partial charge in [0.15, 0.2) is 0 Å². The number of carbonyl (C=O) groups is 1. The molecule has 4 nitrogen and oxygen atoms in total. The molecule has 0 amide bonds.